The third kappa shape index (κ3) is 2.86. The van der Waals surface area contributed by atoms with E-state index in [1.54, 1.807) is 7.11 Å². The van der Waals surface area contributed by atoms with Gasteiger partial charge in [-0.1, -0.05) is 24.3 Å². The number of methoxy groups -OCH3 is 1. The second-order valence-corrected chi connectivity index (χ2v) is 4.65. The Morgan fingerprint density at radius 1 is 1.22 bits per heavy atom. The van der Waals surface area contributed by atoms with Crippen LogP contribution in [0.2, 0.25) is 0 Å². The van der Waals surface area contributed by atoms with Crippen LogP contribution in [0.4, 0.5) is 0 Å². The van der Waals surface area contributed by atoms with E-state index < -0.39 is 0 Å². The first-order chi connectivity index (χ1) is 8.72. The van der Waals surface area contributed by atoms with Gasteiger partial charge in [-0.3, -0.25) is 4.98 Å². The number of aromatic nitrogens is 1. The molecule has 18 heavy (non-hydrogen) atoms. The average molecular weight is 244 g/mol. The van der Waals surface area contributed by atoms with Crippen molar-refractivity contribution in [2.24, 2.45) is 5.73 Å². The minimum Gasteiger partial charge on any atom is -0.382 e. The Balaban J connectivity index is 2.19. The highest BCUT2D eigenvalue weighted by Crippen LogP contribution is 2.24. The van der Waals surface area contributed by atoms with Crippen molar-refractivity contribution in [2.75, 3.05) is 7.11 Å². The normalized spacial score (nSPS) is 14.6. The summed E-state index contributed by atoms with van der Waals surface area (Å²) in [6, 6.07) is 10.2. The maximum absolute atomic E-state index is 6.27. The molecule has 0 saturated carbocycles. The third-order valence-electron chi connectivity index (χ3n) is 3.35. The average Bonchev–Trinajstić information content (AvgIpc) is 2.43. The topological polar surface area (TPSA) is 48.1 Å². The summed E-state index contributed by atoms with van der Waals surface area (Å²) in [4.78, 5) is 4.44. The van der Waals surface area contributed by atoms with E-state index in [0.717, 1.165) is 29.3 Å². The number of pyridine rings is 1. The molecule has 1 heterocycles. The van der Waals surface area contributed by atoms with Crippen LogP contribution in [-0.4, -0.2) is 18.2 Å². The number of nitrogens with zero attached hydrogens (tertiary/aromatic N) is 1. The summed E-state index contributed by atoms with van der Waals surface area (Å²) < 4.78 is 5.25. The third-order valence-corrected chi connectivity index (χ3v) is 3.35. The smallest absolute Gasteiger partial charge is 0.0749 e. The van der Waals surface area contributed by atoms with Crippen LogP contribution < -0.4 is 5.73 Å². The first kappa shape index (κ1) is 13.0. The van der Waals surface area contributed by atoms with Gasteiger partial charge in [-0.05, 0) is 31.4 Å². The van der Waals surface area contributed by atoms with Gasteiger partial charge in [-0.25, -0.2) is 0 Å². The molecule has 0 radical (unpaired) electrons. The summed E-state index contributed by atoms with van der Waals surface area (Å²) in [7, 11) is 1.73. The number of para-hydroxylation sites is 1. The zero-order chi connectivity index (χ0) is 13.0. The molecule has 0 amide bonds. The fraction of sp³-hybridized carbons (Fsp3) is 0.400. The predicted octanol–water partition coefficient (Wildman–Crippen LogP) is 3.05. The number of ether oxygens (including phenoxy) is 1. The van der Waals surface area contributed by atoms with Gasteiger partial charge < -0.3 is 10.5 Å². The Labute approximate surface area is 108 Å². The molecule has 2 N–H and O–H groups in total. The highest BCUT2D eigenvalue weighted by molar-refractivity contribution is 5.81. The van der Waals surface area contributed by atoms with Gasteiger partial charge in [0.15, 0.2) is 0 Å². The van der Waals surface area contributed by atoms with Crippen LogP contribution in [0, 0.1) is 0 Å². The van der Waals surface area contributed by atoms with E-state index in [4.69, 9.17) is 10.5 Å². The van der Waals surface area contributed by atoms with E-state index in [1.165, 1.54) is 0 Å². The van der Waals surface area contributed by atoms with E-state index in [9.17, 15) is 0 Å². The van der Waals surface area contributed by atoms with Crippen molar-refractivity contribution in [1.82, 2.24) is 4.98 Å². The summed E-state index contributed by atoms with van der Waals surface area (Å²) in [5.74, 6) is 0. The molecular weight excluding hydrogens is 224 g/mol. The molecule has 0 spiro atoms. The molecule has 0 aliphatic heterocycles. The van der Waals surface area contributed by atoms with Crippen molar-refractivity contribution in [3.63, 3.8) is 0 Å². The highest BCUT2D eigenvalue weighted by atomic mass is 16.5. The molecule has 2 rings (SSSR count). The molecule has 0 fully saturated rings. The van der Waals surface area contributed by atoms with E-state index in [0.29, 0.717) is 0 Å². The maximum Gasteiger partial charge on any atom is 0.0749 e. The van der Waals surface area contributed by atoms with Crippen LogP contribution in [0.1, 0.15) is 31.4 Å². The van der Waals surface area contributed by atoms with E-state index in [2.05, 4.69) is 30.1 Å². The summed E-state index contributed by atoms with van der Waals surface area (Å²) in [5.41, 5.74) is 8.40. The zero-order valence-corrected chi connectivity index (χ0v) is 11.0. The summed E-state index contributed by atoms with van der Waals surface area (Å²) >= 11 is 0. The van der Waals surface area contributed by atoms with Gasteiger partial charge in [-0.15, -0.1) is 0 Å². The van der Waals surface area contributed by atoms with Crippen molar-refractivity contribution in [3.8, 4) is 0 Å². The van der Waals surface area contributed by atoms with E-state index in [1.807, 2.05) is 18.3 Å². The van der Waals surface area contributed by atoms with Crippen LogP contribution in [0.15, 0.2) is 36.5 Å². The lowest BCUT2D eigenvalue weighted by Gasteiger charge is -2.16. The van der Waals surface area contributed by atoms with Gasteiger partial charge in [0, 0.05) is 24.7 Å². The number of benzene rings is 1. The highest BCUT2D eigenvalue weighted by Gasteiger charge is 2.12. The van der Waals surface area contributed by atoms with Crippen LogP contribution in [0.5, 0.6) is 0 Å². The molecular formula is C15H20N2O. The number of fused-ring (bicyclic) bond motifs is 1. The van der Waals surface area contributed by atoms with Gasteiger partial charge in [0.1, 0.15) is 0 Å². The van der Waals surface area contributed by atoms with Crippen molar-refractivity contribution in [3.05, 3.63) is 42.1 Å². The lowest BCUT2D eigenvalue weighted by molar-refractivity contribution is 0.107. The number of rotatable bonds is 5. The summed E-state index contributed by atoms with van der Waals surface area (Å²) in [6.45, 7) is 2.06. The fourth-order valence-corrected chi connectivity index (χ4v) is 2.11. The van der Waals surface area contributed by atoms with Crippen molar-refractivity contribution in [1.29, 1.82) is 0 Å². The van der Waals surface area contributed by atoms with Crippen LogP contribution in [-0.2, 0) is 4.74 Å². The van der Waals surface area contributed by atoms with E-state index >= 15 is 0 Å². The molecule has 2 aromatic rings. The minimum atomic E-state index is 0.0150. The number of hydrogen-bond donors (Lipinski definition) is 1. The second kappa shape index (κ2) is 5.94. The van der Waals surface area contributed by atoms with Crippen molar-refractivity contribution in [2.45, 2.75) is 31.9 Å². The first-order valence-corrected chi connectivity index (χ1v) is 6.34. The van der Waals surface area contributed by atoms with E-state index in [-0.39, 0.29) is 12.1 Å². The van der Waals surface area contributed by atoms with Gasteiger partial charge in [0.2, 0.25) is 0 Å². The lowest BCUT2D eigenvalue weighted by atomic mass is 9.98. The molecule has 2 atom stereocenters. The van der Waals surface area contributed by atoms with Crippen LogP contribution >= 0.6 is 0 Å². The quantitative estimate of drug-likeness (QED) is 0.879. The Morgan fingerprint density at radius 2 is 2.00 bits per heavy atom. The Bertz CT molecular complexity index is 507. The molecule has 0 saturated heterocycles. The Hall–Kier alpha value is -1.45. The zero-order valence-electron chi connectivity index (χ0n) is 11.0. The number of nitrogens with two attached hydrogens (primary N) is 1. The first-order valence-electron chi connectivity index (χ1n) is 6.34. The standard InChI is InChI=1S/C15H20N2O/c1-11(18-2)8-9-14(16)13-7-3-5-12-6-4-10-17-15(12)13/h3-7,10-11,14H,8-9,16H2,1-2H3. The van der Waals surface area contributed by atoms with Crippen molar-refractivity contribution < 1.29 is 4.74 Å². The largest absolute Gasteiger partial charge is 0.382 e. The molecule has 96 valence electrons. The number of hydrogen-bond acceptors (Lipinski definition) is 3. The molecule has 1 aromatic carbocycles. The fourth-order valence-electron chi connectivity index (χ4n) is 2.11. The lowest BCUT2D eigenvalue weighted by Crippen LogP contribution is -2.14. The Morgan fingerprint density at radius 3 is 2.78 bits per heavy atom. The molecule has 0 bridgehead atoms. The maximum atomic E-state index is 6.27. The second-order valence-electron chi connectivity index (χ2n) is 4.65. The monoisotopic (exact) mass is 244 g/mol. The SMILES string of the molecule is COC(C)CCC(N)c1cccc2cccnc12. The molecule has 1 aromatic heterocycles. The molecule has 2 unspecified atom stereocenters. The van der Waals surface area contributed by atoms with Gasteiger partial charge in [-0.2, -0.15) is 0 Å². The Kier molecular flexibility index (Phi) is 4.28. The molecule has 3 nitrogen and oxygen atoms in total. The molecule has 0 aliphatic rings. The van der Waals surface area contributed by atoms with Crippen molar-refractivity contribution >= 4 is 10.9 Å². The van der Waals surface area contributed by atoms with Gasteiger partial charge in [0.05, 0.1) is 11.6 Å². The van der Waals surface area contributed by atoms with Gasteiger partial charge in [0.25, 0.3) is 0 Å². The van der Waals surface area contributed by atoms with Gasteiger partial charge >= 0.3 is 0 Å². The molecule has 0 aliphatic carbocycles. The van der Waals surface area contributed by atoms with Crippen LogP contribution in [0.3, 0.4) is 0 Å². The minimum absolute atomic E-state index is 0.0150. The predicted molar refractivity (Wildman–Crippen MR) is 74.4 cm³/mol. The van der Waals surface area contributed by atoms with Crippen LogP contribution in [0.25, 0.3) is 10.9 Å². The summed E-state index contributed by atoms with van der Waals surface area (Å²) in [6.07, 6.45) is 3.93. The summed E-state index contributed by atoms with van der Waals surface area (Å²) in [5, 5.41) is 1.14. The molecule has 3 heteroatoms.